The van der Waals surface area contributed by atoms with Crippen LogP contribution in [-0.2, 0) is 29.8 Å². The van der Waals surface area contributed by atoms with E-state index in [-0.39, 0.29) is 61.7 Å². The third-order valence-corrected chi connectivity index (χ3v) is 17.0. The molecular formula is C49H61N4O9PS. The molecule has 2 N–H and O–H groups in total. The van der Waals surface area contributed by atoms with Crippen LogP contribution in [0.4, 0.5) is 5.13 Å². The van der Waals surface area contributed by atoms with E-state index in [1.165, 1.54) is 18.4 Å². The van der Waals surface area contributed by atoms with Crippen LogP contribution in [0.25, 0.3) is 22.3 Å². The number of hydrogen-bond donors (Lipinski definition) is 2. The Bertz CT molecular complexity index is 2420. The number of para-hydroxylation sites is 1. The summed E-state index contributed by atoms with van der Waals surface area (Å²) in [5.74, 6) is -0.286. The number of thiazole rings is 1. The average Bonchev–Trinajstić information content (AvgIpc) is 3.69. The highest BCUT2D eigenvalue weighted by Crippen LogP contribution is 2.74. The van der Waals surface area contributed by atoms with Gasteiger partial charge in [-0.2, -0.15) is 0 Å². The number of methoxy groups -OCH3 is 2. The quantitative estimate of drug-likeness (QED) is 0.0742. The van der Waals surface area contributed by atoms with Crippen molar-refractivity contribution in [3.05, 3.63) is 71.6 Å². The Balaban J connectivity index is 1.13. The molecule has 1 unspecified atom stereocenters. The number of esters is 1. The summed E-state index contributed by atoms with van der Waals surface area (Å²) in [6.45, 7) is 4.19. The fraction of sp³-hybridized carbons (Fsp3) is 0.531. The van der Waals surface area contributed by atoms with Gasteiger partial charge in [-0.15, -0.1) is 11.3 Å². The van der Waals surface area contributed by atoms with Crippen LogP contribution in [0.1, 0.15) is 103 Å². The van der Waals surface area contributed by atoms with E-state index in [0.29, 0.717) is 52.6 Å². The summed E-state index contributed by atoms with van der Waals surface area (Å²) in [4.78, 5) is 67.0. The summed E-state index contributed by atoms with van der Waals surface area (Å²) in [5.41, 5.74) is 2.49. The normalized spacial score (nSPS) is 25.8. The van der Waals surface area contributed by atoms with E-state index in [0.717, 1.165) is 61.9 Å². The number of nitrogens with one attached hydrogen (secondary N) is 1. The molecule has 4 aromatic rings. The van der Waals surface area contributed by atoms with E-state index < -0.39 is 36.6 Å². The Morgan fingerprint density at radius 3 is 2.55 bits per heavy atom. The first-order valence-corrected chi connectivity index (χ1v) is 25.6. The largest absolute Gasteiger partial charge is 0.497 e. The molecule has 8 rings (SSSR count). The number of aromatic nitrogens is 2. The van der Waals surface area contributed by atoms with Crippen molar-refractivity contribution in [1.82, 2.24) is 14.9 Å². The van der Waals surface area contributed by atoms with Gasteiger partial charge < -0.3 is 34.1 Å². The minimum atomic E-state index is -4.06. The third kappa shape index (κ3) is 10.2. The first-order chi connectivity index (χ1) is 30.9. The summed E-state index contributed by atoms with van der Waals surface area (Å²) in [6.07, 6.45) is 10.8. The molecule has 2 aliphatic heterocycles. The number of ether oxygens (including phenoxy) is 4. The zero-order chi connectivity index (χ0) is 45.0. The van der Waals surface area contributed by atoms with Crippen molar-refractivity contribution in [3.63, 3.8) is 0 Å². The molecule has 15 heteroatoms. The highest BCUT2D eigenvalue weighted by atomic mass is 32.1. The van der Waals surface area contributed by atoms with Gasteiger partial charge in [0.2, 0.25) is 13.3 Å². The molecule has 2 aromatic heterocycles. The first-order valence-electron chi connectivity index (χ1n) is 22.9. The fourth-order valence-electron chi connectivity index (χ4n) is 9.87. The Kier molecular flexibility index (Phi) is 14.1. The molecule has 0 radical (unpaired) electrons. The molecule has 0 spiro atoms. The van der Waals surface area contributed by atoms with E-state index in [4.69, 9.17) is 28.9 Å². The topological polar surface area (TPSA) is 166 Å². The molecule has 2 aliphatic carbocycles. The zero-order valence-electron chi connectivity index (χ0n) is 37.3. The van der Waals surface area contributed by atoms with E-state index in [1.807, 2.05) is 61.7 Å². The van der Waals surface area contributed by atoms with Crippen molar-refractivity contribution in [2.24, 2.45) is 11.8 Å². The number of hydrogen-bond acceptors (Lipinski definition) is 12. The van der Waals surface area contributed by atoms with Gasteiger partial charge in [0.1, 0.15) is 35.2 Å². The third-order valence-electron chi connectivity index (χ3n) is 13.4. The number of anilines is 1. The summed E-state index contributed by atoms with van der Waals surface area (Å²) in [6, 6.07) is 13.8. The average molecular weight is 913 g/mol. The lowest BCUT2D eigenvalue weighted by Gasteiger charge is -2.30. The van der Waals surface area contributed by atoms with Gasteiger partial charge in [-0.25, -0.2) is 9.97 Å². The van der Waals surface area contributed by atoms with Gasteiger partial charge in [0.05, 0.1) is 55.8 Å². The van der Waals surface area contributed by atoms with Crippen molar-refractivity contribution in [2.45, 2.75) is 133 Å². The maximum Gasteiger partial charge on any atom is 0.306 e. The van der Waals surface area contributed by atoms with Gasteiger partial charge >= 0.3 is 5.97 Å². The van der Waals surface area contributed by atoms with Crippen molar-refractivity contribution in [2.75, 3.05) is 26.1 Å². The highest BCUT2D eigenvalue weighted by Gasteiger charge is 2.65. The molecule has 13 nitrogen and oxygen atoms in total. The standard InChI is InChI=1S/C49H61N4O9PS/c1-31(2)50-48-52-41(30-64-48)40-25-45(38-21-20-36(59-3)23-39(38)51-40)61-37-24-42-43(54)27-49(63(57,58)29-33-15-10-13-19-44(33)60-4)26-34(49)16-9-7-5-6-8-14-32(47(56)53(42)28-37)22-46(55)62-35-17-11-12-18-35/h9-10,13,15-16,19-21,23,25,30-32,34-35,37,42H,5-8,11-12,14,17-18,22,24,26-29H2,1-4H3,(H,50,52)(H,57,58)/b16-9-/t32-,34+,37-,42+,49-/m1/s1. The number of Topliss-reactive ketones (excluding diaryl/α,β-unsaturated/α-hetero) is 1. The Morgan fingerprint density at radius 1 is 0.969 bits per heavy atom. The maximum atomic E-state index is 15.0. The van der Waals surface area contributed by atoms with Gasteiger partial charge in [0, 0.05) is 53.3 Å². The number of ketones is 1. The number of rotatable bonds is 13. The maximum absolute atomic E-state index is 15.0. The molecule has 6 atom stereocenters. The Hall–Kier alpha value is -4.78. The minimum Gasteiger partial charge on any atom is -0.497 e. The SMILES string of the molecule is COc1ccc2c(O[C@@H]3C[C@H]4C(=O)C[C@]5(P(=O)(O)Cc6ccccc6OC)C[C@@H]5/C=C\CCCCC[C@H](CC(=O)OC5CCCC5)C(=O)N4C3)cc(-c3csc(NC(C)C)n3)nc2c1. The molecule has 342 valence electrons. The molecule has 3 fully saturated rings. The summed E-state index contributed by atoms with van der Waals surface area (Å²) >= 11 is 1.48. The lowest BCUT2D eigenvalue weighted by atomic mass is 9.94. The molecule has 4 aliphatic rings. The number of nitrogens with zero attached hydrogens (tertiary/aromatic N) is 3. The van der Waals surface area contributed by atoms with Crippen LogP contribution in [0.5, 0.6) is 17.2 Å². The number of fused-ring (bicyclic) bond motifs is 3. The number of carbonyl (C=O) groups excluding carboxylic acids is 3. The van der Waals surface area contributed by atoms with E-state index in [9.17, 15) is 14.3 Å². The van der Waals surface area contributed by atoms with Crippen LogP contribution in [0.15, 0.2) is 66.1 Å². The minimum absolute atomic E-state index is 0.0730. The van der Waals surface area contributed by atoms with E-state index in [1.54, 1.807) is 24.1 Å². The van der Waals surface area contributed by atoms with Crippen LogP contribution >= 0.6 is 18.7 Å². The second kappa shape index (κ2) is 19.8. The van der Waals surface area contributed by atoms with E-state index >= 15 is 9.59 Å². The van der Waals surface area contributed by atoms with Gasteiger partial charge in [0.25, 0.3) is 0 Å². The van der Waals surface area contributed by atoms with Gasteiger partial charge in [0.15, 0.2) is 10.9 Å². The second-order valence-electron chi connectivity index (χ2n) is 18.3. The number of allylic oxidation sites excluding steroid dienone is 2. The number of carbonyl (C=O) groups is 3. The Labute approximate surface area is 379 Å². The second-order valence-corrected chi connectivity index (χ2v) is 21.8. The van der Waals surface area contributed by atoms with Crippen LogP contribution < -0.4 is 19.5 Å². The molecule has 0 bridgehead atoms. The smallest absolute Gasteiger partial charge is 0.306 e. The summed E-state index contributed by atoms with van der Waals surface area (Å²) in [7, 11) is -0.923. The van der Waals surface area contributed by atoms with Crippen molar-refractivity contribution in [3.8, 4) is 28.6 Å². The van der Waals surface area contributed by atoms with Gasteiger partial charge in [-0.05, 0) is 89.3 Å². The fourth-order valence-corrected chi connectivity index (χ4v) is 13.2. The summed E-state index contributed by atoms with van der Waals surface area (Å²) in [5, 5.41) is 5.57. The highest BCUT2D eigenvalue weighted by molar-refractivity contribution is 7.59. The lowest BCUT2D eigenvalue weighted by Crippen LogP contribution is -2.45. The van der Waals surface area contributed by atoms with Crippen LogP contribution in [0, 0.1) is 11.8 Å². The zero-order valence-corrected chi connectivity index (χ0v) is 39.0. The van der Waals surface area contributed by atoms with Crippen LogP contribution in [-0.4, -0.2) is 87.6 Å². The Morgan fingerprint density at radius 2 is 1.77 bits per heavy atom. The molecule has 4 heterocycles. The van der Waals surface area contributed by atoms with Crippen molar-refractivity contribution < 1.29 is 42.8 Å². The summed E-state index contributed by atoms with van der Waals surface area (Å²) < 4.78 is 38.7. The van der Waals surface area contributed by atoms with Crippen molar-refractivity contribution >= 4 is 52.4 Å². The van der Waals surface area contributed by atoms with Crippen LogP contribution in [0.2, 0.25) is 0 Å². The molecular weight excluding hydrogens is 852 g/mol. The number of benzene rings is 2. The first kappa shape index (κ1) is 45.8. The molecule has 2 aromatic carbocycles. The molecule has 2 saturated carbocycles. The molecule has 1 amide bonds. The predicted octanol–water partition coefficient (Wildman–Crippen LogP) is 9.74. The monoisotopic (exact) mass is 912 g/mol. The van der Waals surface area contributed by atoms with Gasteiger partial charge in [-0.1, -0.05) is 43.2 Å². The number of amides is 1. The van der Waals surface area contributed by atoms with Crippen LogP contribution in [0.3, 0.4) is 0 Å². The molecule has 1 saturated heterocycles. The van der Waals surface area contributed by atoms with Gasteiger partial charge in [-0.3, -0.25) is 18.9 Å². The molecule has 64 heavy (non-hydrogen) atoms. The lowest BCUT2D eigenvalue weighted by molar-refractivity contribution is -0.154. The predicted molar refractivity (Wildman–Crippen MR) is 248 cm³/mol. The van der Waals surface area contributed by atoms with Crippen molar-refractivity contribution in [1.29, 1.82) is 0 Å². The number of pyridine rings is 1. The van der Waals surface area contributed by atoms with E-state index in [2.05, 4.69) is 11.4 Å².